The van der Waals surface area contributed by atoms with Crippen molar-refractivity contribution in [1.29, 1.82) is 0 Å². The first-order valence-corrected chi connectivity index (χ1v) is 9.39. The summed E-state index contributed by atoms with van der Waals surface area (Å²) in [5.74, 6) is -0.0988. The Kier molecular flexibility index (Phi) is 5.25. The van der Waals surface area contributed by atoms with Crippen LogP contribution in [0.15, 0.2) is 55.6 Å². The smallest absolute Gasteiger partial charge is 0.232 e. The first kappa shape index (κ1) is 19.3. The quantitative estimate of drug-likeness (QED) is 0.494. The molecule has 0 atom stereocenters. The van der Waals surface area contributed by atoms with Gasteiger partial charge in [-0.2, -0.15) is 0 Å². The number of hydrogen-bond acceptors (Lipinski definition) is 7. The van der Waals surface area contributed by atoms with Crippen molar-refractivity contribution >= 4 is 28.4 Å². The van der Waals surface area contributed by atoms with E-state index < -0.39 is 0 Å². The van der Waals surface area contributed by atoms with Crippen LogP contribution in [0.3, 0.4) is 0 Å². The van der Waals surface area contributed by atoms with Gasteiger partial charge in [-0.1, -0.05) is 0 Å². The maximum atomic E-state index is 13.2. The molecule has 0 unspecified atom stereocenters. The molecule has 0 aliphatic carbocycles. The Morgan fingerprint density at radius 3 is 2.63 bits per heavy atom. The molecule has 30 heavy (non-hydrogen) atoms. The van der Waals surface area contributed by atoms with E-state index in [9.17, 15) is 9.59 Å². The highest BCUT2D eigenvalue weighted by Gasteiger charge is 2.19. The number of ketones is 1. The van der Waals surface area contributed by atoms with Crippen LogP contribution in [0.1, 0.15) is 41.6 Å². The number of carbonyl (C=O) groups is 2. The maximum absolute atomic E-state index is 13.2. The van der Waals surface area contributed by atoms with Gasteiger partial charge in [0.25, 0.3) is 0 Å². The molecule has 0 saturated heterocycles. The zero-order chi connectivity index (χ0) is 21.1. The summed E-state index contributed by atoms with van der Waals surface area (Å²) >= 11 is 0. The molecule has 150 valence electrons. The normalized spacial score (nSPS) is 11.0. The molecule has 0 aromatic carbocycles. The first-order valence-electron chi connectivity index (χ1n) is 9.39. The van der Waals surface area contributed by atoms with E-state index in [1.54, 1.807) is 36.9 Å². The summed E-state index contributed by atoms with van der Waals surface area (Å²) in [6.45, 7) is 4.04. The standard InChI is InChI=1S/C21H19N7O2/c1-13(2)28-11-17(16-10-23-12-26-21(16)28)20(30)14-6-15(9-22-8-14)27-19(29)7-18-24-4-3-5-25-18/h3-6,8-13H,7H2,1-2H3,(H,27,29). The maximum Gasteiger partial charge on any atom is 0.232 e. The number of anilines is 1. The third-order valence-corrected chi connectivity index (χ3v) is 4.52. The molecule has 9 nitrogen and oxygen atoms in total. The van der Waals surface area contributed by atoms with Crippen LogP contribution in [0.2, 0.25) is 0 Å². The van der Waals surface area contributed by atoms with Gasteiger partial charge >= 0.3 is 0 Å². The van der Waals surface area contributed by atoms with Crippen molar-refractivity contribution in [3.63, 3.8) is 0 Å². The second-order valence-electron chi connectivity index (χ2n) is 6.99. The molecule has 0 bridgehead atoms. The number of fused-ring (bicyclic) bond motifs is 1. The average Bonchev–Trinajstić information content (AvgIpc) is 3.14. The highest BCUT2D eigenvalue weighted by atomic mass is 16.1. The Morgan fingerprint density at radius 2 is 1.87 bits per heavy atom. The number of hydrogen-bond donors (Lipinski definition) is 1. The number of amides is 1. The van der Waals surface area contributed by atoms with Crippen molar-refractivity contribution in [3.8, 4) is 0 Å². The number of nitrogens with zero attached hydrogens (tertiary/aromatic N) is 6. The van der Waals surface area contributed by atoms with Gasteiger partial charge in [0, 0.05) is 48.0 Å². The van der Waals surface area contributed by atoms with Crippen LogP contribution in [0.4, 0.5) is 5.69 Å². The average molecular weight is 401 g/mol. The fraction of sp³-hybridized carbons (Fsp3) is 0.190. The van der Waals surface area contributed by atoms with Gasteiger partial charge in [0.1, 0.15) is 17.8 Å². The van der Waals surface area contributed by atoms with Crippen LogP contribution >= 0.6 is 0 Å². The van der Waals surface area contributed by atoms with Crippen LogP contribution in [-0.4, -0.2) is 41.2 Å². The van der Waals surface area contributed by atoms with E-state index in [4.69, 9.17) is 0 Å². The SMILES string of the molecule is CC(C)n1cc(C(=O)c2cncc(NC(=O)Cc3ncccn3)c2)c2cncnc21. The number of nitrogens with one attached hydrogen (secondary N) is 1. The minimum Gasteiger partial charge on any atom is -0.329 e. The zero-order valence-electron chi connectivity index (χ0n) is 16.5. The lowest BCUT2D eigenvalue weighted by atomic mass is 10.1. The molecule has 0 aliphatic rings. The van der Waals surface area contributed by atoms with Crippen molar-refractivity contribution in [2.24, 2.45) is 0 Å². The van der Waals surface area contributed by atoms with Crippen molar-refractivity contribution < 1.29 is 9.59 Å². The molecular weight excluding hydrogens is 382 g/mol. The molecule has 4 aromatic rings. The minimum absolute atomic E-state index is 0.0260. The summed E-state index contributed by atoms with van der Waals surface area (Å²) in [6, 6.07) is 3.41. The first-order chi connectivity index (χ1) is 14.5. The van der Waals surface area contributed by atoms with E-state index in [1.807, 2.05) is 18.4 Å². The van der Waals surface area contributed by atoms with Gasteiger partial charge in [-0.25, -0.2) is 19.9 Å². The fourth-order valence-corrected chi connectivity index (χ4v) is 3.12. The molecule has 0 spiro atoms. The lowest BCUT2D eigenvalue weighted by Gasteiger charge is -2.07. The summed E-state index contributed by atoms with van der Waals surface area (Å²) in [6.07, 6.45) is 11.0. The number of rotatable bonds is 6. The summed E-state index contributed by atoms with van der Waals surface area (Å²) in [5, 5.41) is 3.41. The van der Waals surface area contributed by atoms with E-state index in [-0.39, 0.29) is 24.2 Å². The Balaban J connectivity index is 1.59. The Morgan fingerprint density at radius 1 is 1.07 bits per heavy atom. The number of aromatic nitrogens is 6. The van der Waals surface area contributed by atoms with Crippen molar-refractivity contribution in [2.45, 2.75) is 26.3 Å². The summed E-state index contributed by atoms with van der Waals surface area (Å²) in [7, 11) is 0. The van der Waals surface area contributed by atoms with Gasteiger partial charge in [0.15, 0.2) is 5.78 Å². The van der Waals surface area contributed by atoms with Crippen LogP contribution in [0.5, 0.6) is 0 Å². The highest BCUT2D eigenvalue weighted by Crippen LogP contribution is 2.25. The summed E-state index contributed by atoms with van der Waals surface area (Å²) < 4.78 is 1.93. The monoisotopic (exact) mass is 401 g/mol. The van der Waals surface area contributed by atoms with Gasteiger partial charge in [-0.05, 0) is 26.0 Å². The Bertz CT molecular complexity index is 1220. The molecule has 4 aromatic heterocycles. The minimum atomic E-state index is -0.294. The predicted octanol–water partition coefficient (Wildman–Crippen LogP) is 2.61. The predicted molar refractivity (Wildman–Crippen MR) is 110 cm³/mol. The van der Waals surface area contributed by atoms with Crippen molar-refractivity contribution in [2.75, 3.05) is 5.32 Å². The molecule has 4 rings (SSSR count). The highest BCUT2D eigenvalue weighted by molar-refractivity contribution is 6.16. The van der Waals surface area contributed by atoms with E-state index in [2.05, 4.69) is 30.2 Å². The van der Waals surface area contributed by atoms with Gasteiger partial charge < -0.3 is 9.88 Å². The summed E-state index contributed by atoms with van der Waals surface area (Å²) in [5.41, 5.74) is 1.96. The van der Waals surface area contributed by atoms with Crippen LogP contribution in [-0.2, 0) is 11.2 Å². The number of pyridine rings is 1. The molecule has 4 heterocycles. The topological polar surface area (TPSA) is 116 Å². The van der Waals surface area contributed by atoms with Crippen molar-refractivity contribution in [3.05, 3.63) is 72.6 Å². The van der Waals surface area contributed by atoms with Gasteiger partial charge in [0.05, 0.1) is 23.9 Å². The van der Waals surface area contributed by atoms with Crippen LogP contribution < -0.4 is 5.32 Å². The van der Waals surface area contributed by atoms with Gasteiger partial charge in [-0.15, -0.1) is 0 Å². The molecular formula is C21H19N7O2. The third kappa shape index (κ3) is 3.90. The molecule has 0 fully saturated rings. The molecule has 0 aliphatic heterocycles. The third-order valence-electron chi connectivity index (χ3n) is 4.52. The Hall–Kier alpha value is -4.01. The molecule has 1 amide bonds. The van der Waals surface area contributed by atoms with E-state index in [0.29, 0.717) is 33.7 Å². The lowest BCUT2D eigenvalue weighted by molar-refractivity contribution is -0.115. The zero-order valence-corrected chi connectivity index (χ0v) is 16.5. The van der Waals surface area contributed by atoms with Crippen LogP contribution in [0.25, 0.3) is 11.0 Å². The number of carbonyl (C=O) groups excluding carboxylic acids is 2. The second-order valence-corrected chi connectivity index (χ2v) is 6.99. The van der Waals surface area contributed by atoms with Gasteiger partial charge in [-0.3, -0.25) is 14.6 Å². The fourth-order valence-electron chi connectivity index (χ4n) is 3.12. The molecule has 1 N–H and O–H groups in total. The van der Waals surface area contributed by atoms with Gasteiger partial charge in [0.2, 0.25) is 5.91 Å². The molecule has 0 radical (unpaired) electrons. The molecule has 9 heteroatoms. The largest absolute Gasteiger partial charge is 0.329 e. The second kappa shape index (κ2) is 8.16. The van der Waals surface area contributed by atoms with E-state index in [1.165, 1.54) is 18.7 Å². The molecule has 0 saturated carbocycles. The van der Waals surface area contributed by atoms with E-state index >= 15 is 0 Å². The summed E-state index contributed by atoms with van der Waals surface area (Å²) in [4.78, 5) is 46.0. The van der Waals surface area contributed by atoms with E-state index in [0.717, 1.165) is 0 Å². The Labute approximate surface area is 172 Å². The van der Waals surface area contributed by atoms with Crippen molar-refractivity contribution in [1.82, 2.24) is 29.5 Å². The lowest BCUT2D eigenvalue weighted by Crippen LogP contribution is -2.16. The van der Waals surface area contributed by atoms with Crippen LogP contribution in [0, 0.1) is 0 Å².